The minimum Gasteiger partial charge on any atom is -0.489 e. The average molecular weight is 404 g/mol. The molecule has 0 atom stereocenters. The molecule has 3 aromatic rings. The molecule has 0 radical (unpaired) electrons. The van der Waals surface area contributed by atoms with Gasteiger partial charge in [-0.1, -0.05) is 31.5 Å². The first-order valence-corrected chi connectivity index (χ1v) is 9.25. The Balaban J connectivity index is 1.69. The van der Waals surface area contributed by atoms with Gasteiger partial charge in [0.1, 0.15) is 18.1 Å². The van der Waals surface area contributed by atoms with Crippen LogP contribution in [0.1, 0.15) is 25.3 Å². The molecule has 0 aliphatic rings. The number of nitrogens with one attached hydrogen (secondary N) is 3. The second-order valence-corrected chi connectivity index (χ2v) is 6.29. The van der Waals surface area contributed by atoms with E-state index >= 15 is 0 Å². The standard InChI is InChI=1S/C20H22F2N4O3/c1-2-3-10-23-20(27)24-18-15-11-14(8-9-16(15)25-26-18)28-12-13-6-4-5-7-17(13)29-19(21)22/h4-9,11,19H,2-3,10,12H2,1H3,(H3,23,24,25,26,27). The van der Waals surface area contributed by atoms with Crippen LogP contribution in [0.3, 0.4) is 0 Å². The first-order valence-electron chi connectivity index (χ1n) is 9.25. The molecule has 154 valence electrons. The van der Waals surface area contributed by atoms with Crippen molar-refractivity contribution in [2.45, 2.75) is 33.0 Å². The molecule has 1 heterocycles. The molecule has 3 N–H and O–H groups in total. The van der Waals surface area contributed by atoms with Gasteiger partial charge in [-0.05, 0) is 30.7 Å². The number of carbonyl (C=O) groups is 1. The highest BCUT2D eigenvalue weighted by atomic mass is 19.3. The van der Waals surface area contributed by atoms with Crippen LogP contribution < -0.4 is 20.1 Å². The maximum absolute atomic E-state index is 12.5. The molecule has 9 heteroatoms. The maximum atomic E-state index is 12.5. The number of nitrogens with zero attached hydrogens (tertiary/aromatic N) is 1. The number of aromatic nitrogens is 2. The van der Waals surface area contributed by atoms with E-state index in [4.69, 9.17) is 4.74 Å². The van der Waals surface area contributed by atoms with Crippen molar-refractivity contribution in [3.05, 3.63) is 48.0 Å². The summed E-state index contributed by atoms with van der Waals surface area (Å²) in [5, 5.41) is 13.1. The monoisotopic (exact) mass is 404 g/mol. The van der Waals surface area contributed by atoms with Crippen molar-refractivity contribution in [1.29, 1.82) is 0 Å². The van der Waals surface area contributed by atoms with Crippen LogP contribution in [-0.2, 0) is 6.61 Å². The molecular formula is C20H22F2N4O3. The minimum absolute atomic E-state index is 0.0481. The molecule has 2 amide bonds. The molecule has 2 aromatic carbocycles. The number of para-hydroxylation sites is 1. The van der Waals surface area contributed by atoms with E-state index in [2.05, 4.69) is 25.6 Å². The normalized spacial score (nSPS) is 10.9. The van der Waals surface area contributed by atoms with Crippen molar-refractivity contribution in [2.75, 3.05) is 11.9 Å². The fraction of sp³-hybridized carbons (Fsp3) is 0.300. The number of rotatable bonds is 9. The van der Waals surface area contributed by atoms with E-state index < -0.39 is 6.61 Å². The number of benzene rings is 2. The van der Waals surface area contributed by atoms with Gasteiger partial charge in [0.15, 0.2) is 5.82 Å². The third-order valence-corrected chi connectivity index (χ3v) is 4.17. The first-order chi connectivity index (χ1) is 14.1. The fourth-order valence-electron chi connectivity index (χ4n) is 2.70. The molecule has 1 aromatic heterocycles. The Kier molecular flexibility index (Phi) is 6.83. The second-order valence-electron chi connectivity index (χ2n) is 6.29. The van der Waals surface area contributed by atoms with Crippen LogP contribution in [0.2, 0.25) is 0 Å². The number of urea groups is 1. The molecule has 0 aliphatic heterocycles. The van der Waals surface area contributed by atoms with Crippen molar-refractivity contribution >= 4 is 22.8 Å². The Bertz CT molecular complexity index is 962. The number of H-pyrrole nitrogens is 1. The maximum Gasteiger partial charge on any atom is 0.387 e. The number of fused-ring (bicyclic) bond motifs is 1. The summed E-state index contributed by atoms with van der Waals surface area (Å²) >= 11 is 0. The molecule has 3 rings (SSSR count). The second kappa shape index (κ2) is 9.72. The molecule has 0 spiro atoms. The van der Waals surface area contributed by atoms with Crippen molar-refractivity contribution in [3.8, 4) is 11.5 Å². The molecule has 0 bridgehead atoms. The zero-order valence-electron chi connectivity index (χ0n) is 15.9. The van der Waals surface area contributed by atoms with Crippen LogP contribution in [0.25, 0.3) is 10.9 Å². The summed E-state index contributed by atoms with van der Waals surface area (Å²) in [6.45, 7) is -0.234. The Hall–Kier alpha value is -3.36. The highest BCUT2D eigenvalue weighted by molar-refractivity contribution is 5.99. The van der Waals surface area contributed by atoms with Gasteiger partial charge in [0, 0.05) is 17.5 Å². The summed E-state index contributed by atoms with van der Waals surface area (Å²) < 4.78 is 35.3. The molecule has 7 nitrogen and oxygen atoms in total. The van der Waals surface area contributed by atoms with Crippen LogP contribution in [0, 0.1) is 0 Å². The molecule has 0 fully saturated rings. The predicted octanol–water partition coefficient (Wildman–Crippen LogP) is 4.66. The summed E-state index contributed by atoms with van der Waals surface area (Å²) in [5.74, 6) is 0.944. The van der Waals surface area contributed by atoms with Crippen LogP contribution in [0.4, 0.5) is 19.4 Å². The molecular weight excluding hydrogens is 382 g/mol. The van der Waals surface area contributed by atoms with E-state index in [0.717, 1.165) is 18.4 Å². The smallest absolute Gasteiger partial charge is 0.387 e. The number of ether oxygens (including phenoxy) is 2. The van der Waals surface area contributed by atoms with E-state index in [1.165, 1.54) is 6.07 Å². The lowest BCUT2D eigenvalue weighted by Gasteiger charge is -2.12. The largest absolute Gasteiger partial charge is 0.489 e. The molecule has 0 saturated heterocycles. The number of halogens is 2. The topological polar surface area (TPSA) is 88.3 Å². The van der Waals surface area contributed by atoms with Crippen LogP contribution in [0.15, 0.2) is 42.5 Å². The molecule has 0 aliphatic carbocycles. The number of amides is 2. The van der Waals surface area contributed by atoms with Crippen molar-refractivity contribution < 1.29 is 23.0 Å². The van der Waals surface area contributed by atoms with E-state index in [0.29, 0.717) is 29.1 Å². The lowest BCUT2D eigenvalue weighted by Crippen LogP contribution is -2.29. The Labute approximate surface area is 166 Å². The summed E-state index contributed by atoms with van der Waals surface area (Å²) in [7, 11) is 0. The van der Waals surface area contributed by atoms with E-state index in [1.54, 1.807) is 36.4 Å². The quantitative estimate of drug-likeness (QED) is 0.453. The SMILES string of the molecule is CCCCNC(=O)Nc1n[nH]c2ccc(OCc3ccccc3OC(F)F)cc12. The lowest BCUT2D eigenvalue weighted by atomic mass is 10.2. The van der Waals surface area contributed by atoms with E-state index in [-0.39, 0.29) is 18.4 Å². The number of alkyl halides is 2. The van der Waals surface area contributed by atoms with Gasteiger partial charge in [0.25, 0.3) is 0 Å². The summed E-state index contributed by atoms with van der Waals surface area (Å²) in [4.78, 5) is 12.0. The van der Waals surface area contributed by atoms with Gasteiger partial charge in [-0.2, -0.15) is 13.9 Å². The van der Waals surface area contributed by atoms with Crippen molar-refractivity contribution in [3.63, 3.8) is 0 Å². The zero-order chi connectivity index (χ0) is 20.6. The first kappa shape index (κ1) is 20.4. The third kappa shape index (κ3) is 5.56. The fourth-order valence-corrected chi connectivity index (χ4v) is 2.70. The summed E-state index contributed by atoms with van der Waals surface area (Å²) in [6.07, 6.45) is 1.88. The predicted molar refractivity (Wildman–Crippen MR) is 105 cm³/mol. The van der Waals surface area contributed by atoms with E-state index in [1.807, 2.05) is 6.92 Å². The Morgan fingerprint density at radius 2 is 2.07 bits per heavy atom. The number of unbranched alkanes of at least 4 members (excludes halogenated alkanes) is 1. The van der Waals surface area contributed by atoms with Crippen LogP contribution in [-0.4, -0.2) is 29.4 Å². The lowest BCUT2D eigenvalue weighted by molar-refractivity contribution is -0.0508. The van der Waals surface area contributed by atoms with Gasteiger partial charge in [-0.15, -0.1) is 0 Å². The Morgan fingerprint density at radius 1 is 1.24 bits per heavy atom. The Morgan fingerprint density at radius 3 is 2.86 bits per heavy atom. The van der Waals surface area contributed by atoms with Gasteiger partial charge < -0.3 is 14.8 Å². The third-order valence-electron chi connectivity index (χ3n) is 4.17. The van der Waals surface area contributed by atoms with Crippen LogP contribution in [0.5, 0.6) is 11.5 Å². The van der Waals surface area contributed by atoms with Crippen molar-refractivity contribution in [2.24, 2.45) is 0 Å². The minimum atomic E-state index is -2.91. The molecule has 0 saturated carbocycles. The van der Waals surface area contributed by atoms with Gasteiger partial charge in [-0.25, -0.2) is 4.79 Å². The highest BCUT2D eigenvalue weighted by Gasteiger charge is 2.12. The molecule has 0 unspecified atom stereocenters. The highest BCUT2D eigenvalue weighted by Crippen LogP contribution is 2.27. The average Bonchev–Trinajstić information content (AvgIpc) is 3.09. The number of hydrogen-bond acceptors (Lipinski definition) is 4. The van der Waals surface area contributed by atoms with Crippen LogP contribution >= 0.6 is 0 Å². The van der Waals surface area contributed by atoms with Crippen molar-refractivity contribution in [1.82, 2.24) is 15.5 Å². The summed E-state index contributed by atoms with van der Waals surface area (Å²) in [5.41, 5.74) is 1.22. The number of anilines is 1. The van der Waals surface area contributed by atoms with Gasteiger partial charge in [0.05, 0.1) is 5.52 Å². The summed E-state index contributed by atoms with van der Waals surface area (Å²) in [6, 6.07) is 11.3. The number of hydrogen-bond donors (Lipinski definition) is 3. The molecule has 29 heavy (non-hydrogen) atoms. The number of carbonyl (C=O) groups excluding carboxylic acids is 1. The zero-order valence-corrected chi connectivity index (χ0v) is 15.9. The van der Waals surface area contributed by atoms with Gasteiger partial charge >= 0.3 is 12.6 Å². The number of aromatic amines is 1. The van der Waals surface area contributed by atoms with Gasteiger partial charge in [0.2, 0.25) is 0 Å². The van der Waals surface area contributed by atoms with Gasteiger partial charge in [-0.3, -0.25) is 10.4 Å². The van der Waals surface area contributed by atoms with E-state index in [9.17, 15) is 13.6 Å².